The molecule has 1 aliphatic heterocycles. The maximum Gasteiger partial charge on any atom is 0.293 e. The summed E-state index contributed by atoms with van der Waals surface area (Å²) < 4.78 is 10.9. The van der Waals surface area contributed by atoms with Crippen molar-refractivity contribution in [3.05, 3.63) is 59.2 Å². The van der Waals surface area contributed by atoms with Gasteiger partial charge in [0, 0.05) is 5.56 Å². The van der Waals surface area contributed by atoms with E-state index < -0.39 is 0 Å². The van der Waals surface area contributed by atoms with Gasteiger partial charge in [0.05, 0.1) is 25.6 Å². The summed E-state index contributed by atoms with van der Waals surface area (Å²) >= 11 is 0. The van der Waals surface area contributed by atoms with Crippen molar-refractivity contribution in [2.75, 3.05) is 31.1 Å². The molecule has 3 aromatic heterocycles. The molecular weight excluding hydrogens is 380 g/mol. The van der Waals surface area contributed by atoms with Crippen molar-refractivity contribution in [3.63, 3.8) is 0 Å². The van der Waals surface area contributed by atoms with E-state index in [0.29, 0.717) is 31.9 Å². The van der Waals surface area contributed by atoms with Crippen LogP contribution in [-0.2, 0) is 12.8 Å². The minimum absolute atomic E-state index is 0.0918. The van der Waals surface area contributed by atoms with E-state index in [1.165, 1.54) is 11.8 Å². The summed E-state index contributed by atoms with van der Waals surface area (Å²) in [6.07, 6.45) is 7.25. The molecule has 0 atom stereocenters. The van der Waals surface area contributed by atoms with Crippen LogP contribution in [-0.4, -0.2) is 37.0 Å². The number of H-pyrrole nitrogens is 1. The molecule has 4 heterocycles. The number of nitrogens with one attached hydrogen (secondary N) is 1. The van der Waals surface area contributed by atoms with Gasteiger partial charge < -0.3 is 13.7 Å². The number of furan rings is 2. The molecule has 0 unspecified atom stereocenters. The van der Waals surface area contributed by atoms with E-state index in [9.17, 15) is 10.1 Å². The lowest BCUT2D eigenvalue weighted by molar-refractivity contribution is -0.353. The van der Waals surface area contributed by atoms with Gasteiger partial charge in [-0.2, -0.15) is 5.26 Å². The highest BCUT2D eigenvalue weighted by Crippen LogP contribution is 2.34. The summed E-state index contributed by atoms with van der Waals surface area (Å²) in [5.41, 5.74) is 4.03. The number of carbonyl (C=O) groups excluding carboxylic acids is 1. The highest BCUT2D eigenvalue weighted by atomic mass is 16.3. The van der Waals surface area contributed by atoms with Crippen LogP contribution in [0, 0.1) is 11.3 Å². The predicted molar refractivity (Wildman–Crippen MR) is 109 cm³/mol. The quantitative estimate of drug-likeness (QED) is 0.671. The highest BCUT2D eigenvalue weighted by Gasteiger charge is 2.34. The Bertz CT molecular complexity index is 1090. The second-order valence-corrected chi connectivity index (χ2v) is 7.73. The number of carbonyl (C=O) groups is 1. The summed E-state index contributed by atoms with van der Waals surface area (Å²) in [5.74, 6) is 1.90. The molecule has 1 fully saturated rings. The van der Waals surface area contributed by atoms with E-state index >= 15 is 0 Å². The van der Waals surface area contributed by atoms with Gasteiger partial charge in [-0.1, -0.05) is 0 Å². The molecule has 0 radical (unpaired) electrons. The van der Waals surface area contributed by atoms with Gasteiger partial charge in [0.1, 0.15) is 24.7 Å². The molecule has 2 aliphatic rings. The summed E-state index contributed by atoms with van der Waals surface area (Å²) in [7, 11) is 0. The van der Waals surface area contributed by atoms with Crippen LogP contribution in [0.15, 0.2) is 45.6 Å². The van der Waals surface area contributed by atoms with E-state index in [1.54, 1.807) is 23.3 Å². The molecule has 1 aliphatic carbocycles. The number of aromatic nitrogens is 1. The van der Waals surface area contributed by atoms with Crippen LogP contribution in [0.2, 0.25) is 0 Å². The molecule has 0 spiro atoms. The van der Waals surface area contributed by atoms with E-state index in [-0.39, 0.29) is 5.91 Å². The Hall–Kier alpha value is -3.53. The van der Waals surface area contributed by atoms with Gasteiger partial charge in [-0.25, -0.2) is 4.98 Å². The van der Waals surface area contributed by atoms with Gasteiger partial charge in [0.2, 0.25) is 0 Å². The van der Waals surface area contributed by atoms with Gasteiger partial charge in [-0.3, -0.25) is 9.69 Å². The number of fused-ring (bicyclic) bond motifs is 1. The highest BCUT2D eigenvalue weighted by molar-refractivity contribution is 5.91. The topological polar surface area (TPSA) is 87.8 Å². The fourth-order valence-corrected chi connectivity index (χ4v) is 4.53. The summed E-state index contributed by atoms with van der Waals surface area (Å²) in [5, 5.41) is 9.99. The standard InChI is InChI=1S/C23H22N4O3/c24-15-18-16-5-1-2-6-17(16)21(19-7-3-13-29-19)25-22(18)26-9-11-27(12-10-26)23(28)20-8-4-14-30-20/h3-4,7-8,13-14H,1-2,5-6,9-12H2/p+1. The molecule has 3 aromatic rings. The van der Waals surface area contributed by atoms with Crippen molar-refractivity contribution in [1.82, 2.24) is 4.90 Å². The maximum absolute atomic E-state index is 12.6. The molecule has 0 saturated carbocycles. The largest absolute Gasteiger partial charge is 0.461 e. The predicted octanol–water partition coefficient (Wildman–Crippen LogP) is 3.07. The van der Waals surface area contributed by atoms with Gasteiger partial charge in [0.15, 0.2) is 17.2 Å². The first-order valence-corrected chi connectivity index (χ1v) is 10.4. The van der Waals surface area contributed by atoms with Crippen molar-refractivity contribution in [1.29, 1.82) is 5.26 Å². The monoisotopic (exact) mass is 403 g/mol. The number of piperazine rings is 1. The van der Waals surface area contributed by atoms with Crippen LogP contribution in [0.25, 0.3) is 11.5 Å². The Labute approximate surface area is 174 Å². The molecule has 5 rings (SSSR count). The number of anilines is 1. The van der Waals surface area contributed by atoms with E-state index in [0.717, 1.165) is 54.1 Å². The number of amides is 1. The first-order chi connectivity index (χ1) is 14.8. The zero-order chi connectivity index (χ0) is 20.5. The Morgan fingerprint density at radius 2 is 1.73 bits per heavy atom. The zero-order valence-corrected chi connectivity index (χ0v) is 16.7. The van der Waals surface area contributed by atoms with Crippen LogP contribution in [0.5, 0.6) is 0 Å². The second kappa shape index (κ2) is 7.71. The smallest absolute Gasteiger partial charge is 0.293 e. The average molecular weight is 403 g/mol. The van der Waals surface area contributed by atoms with E-state index in [2.05, 4.69) is 16.0 Å². The number of hydrogen-bond donors (Lipinski definition) is 0. The van der Waals surface area contributed by atoms with Crippen LogP contribution < -0.4 is 9.88 Å². The fourth-order valence-electron chi connectivity index (χ4n) is 4.53. The minimum Gasteiger partial charge on any atom is -0.461 e. The molecule has 0 aromatic carbocycles. The van der Waals surface area contributed by atoms with Gasteiger partial charge in [0.25, 0.3) is 11.7 Å². The molecule has 7 nitrogen and oxygen atoms in total. The third-order valence-electron chi connectivity index (χ3n) is 6.05. The molecular formula is C23H23N4O3+. The third kappa shape index (κ3) is 3.14. The first kappa shape index (κ1) is 18.5. The number of pyridine rings is 1. The molecule has 1 saturated heterocycles. The fraction of sp³-hybridized carbons (Fsp3) is 0.348. The van der Waals surface area contributed by atoms with Crippen molar-refractivity contribution in [2.45, 2.75) is 25.7 Å². The van der Waals surface area contributed by atoms with Crippen LogP contribution in [0.1, 0.15) is 40.1 Å². The van der Waals surface area contributed by atoms with Gasteiger partial charge >= 0.3 is 0 Å². The third-order valence-corrected chi connectivity index (χ3v) is 6.05. The Morgan fingerprint density at radius 1 is 1.00 bits per heavy atom. The molecule has 1 amide bonds. The molecule has 1 N–H and O–H groups in total. The van der Waals surface area contributed by atoms with Gasteiger partial charge in [-0.15, -0.1) is 0 Å². The Balaban J connectivity index is 1.47. The molecule has 0 bridgehead atoms. The average Bonchev–Trinajstić information content (AvgIpc) is 3.52. The lowest BCUT2D eigenvalue weighted by Crippen LogP contribution is -2.50. The van der Waals surface area contributed by atoms with E-state index in [4.69, 9.17) is 8.83 Å². The molecule has 30 heavy (non-hydrogen) atoms. The van der Waals surface area contributed by atoms with Crippen molar-refractivity contribution in [2.24, 2.45) is 0 Å². The molecule has 7 heteroatoms. The first-order valence-electron chi connectivity index (χ1n) is 10.4. The minimum atomic E-state index is -0.0918. The normalized spacial score (nSPS) is 16.2. The summed E-state index contributed by atoms with van der Waals surface area (Å²) in [4.78, 5) is 20.1. The van der Waals surface area contributed by atoms with Crippen LogP contribution in [0.4, 0.5) is 5.82 Å². The van der Waals surface area contributed by atoms with Crippen LogP contribution >= 0.6 is 0 Å². The van der Waals surface area contributed by atoms with Gasteiger partial charge in [-0.05, 0) is 55.5 Å². The zero-order valence-electron chi connectivity index (χ0n) is 16.7. The number of nitrogens with zero attached hydrogens (tertiary/aromatic N) is 3. The number of nitriles is 1. The summed E-state index contributed by atoms with van der Waals surface area (Å²) in [6.45, 7) is 2.44. The number of hydrogen-bond acceptors (Lipinski definition) is 5. The second-order valence-electron chi connectivity index (χ2n) is 7.73. The number of rotatable bonds is 3. The Morgan fingerprint density at radius 3 is 2.40 bits per heavy atom. The lowest BCUT2D eigenvalue weighted by Gasteiger charge is -2.31. The van der Waals surface area contributed by atoms with Crippen LogP contribution in [0.3, 0.4) is 0 Å². The Kier molecular flexibility index (Phi) is 4.75. The van der Waals surface area contributed by atoms with Crippen molar-refractivity contribution >= 4 is 11.7 Å². The van der Waals surface area contributed by atoms with Crippen molar-refractivity contribution in [3.8, 4) is 17.5 Å². The van der Waals surface area contributed by atoms with E-state index in [1.807, 2.05) is 12.1 Å². The lowest BCUT2D eigenvalue weighted by atomic mass is 9.87. The number of aromatic amines is 1. The summed E-state index contributed by atoms with van der Waals surface area (Å²) in [6, 6.07) is 9.70. The SMILES string of the molecule is N#Cc1c(N2CCN(C(=O)c3ccco3)CC2)[nH+]c(-c2ccco2)c2c1CCCC2. The molecule has 152 valence electrons. The van der Waals surface area contributed by atoms with Crippen molar-refractivity contribution < 1.29 is 18.6 Å². The maximum atomic E-state index is 12.6.